The number of aliphatic hydroxyl groups excluding tert-OH is 1. The molecule has 60 valence electrons. The van der Waals surface area contributed by atoms with Crippen LogP contribution in [0.4, 0.5) is 4.39 Å². The van der Waals surface area contributed by atoms with Crippen molar-refractivity contribution in [2.75, 3.05) is 0 Å². The van der Waals surface area contributed by atoms with Crippen LogP contribution in [-0.2, 0) is 6.61 Å². The van der Waals surface area contributed by atoms with Gasteiger partial charge in [-0.05, 0) is 12.1 Å². The maximum Gasteiger partial charge on any atom is 0.130 e. The van der Waals surface area contributed by atoms with Crippen LogP contribution in [0.2, 0.25) is 10.0 Å². The van der Waals surface area contributed by atoms with Gasteiger partial charge in [0.05, 0.1) is 16.7 Å². The molecule has 0 saturated carbocycles. The monoisotopic (exact) mass is 194 g/mol. The van der Waals surface area contributed by atoms with Gasteiger partial charge in [-0.1, -0.05) is 23.2 Å². The van der Waals surface area contributed by atoms with Crippen molar-refractivity contribution in [3.8, 4) is 0 Å². The van der Waals surface area contributed by atoms with Gasteiger partial charge in [-0.25, -0.2) is 4.39 Å². The summed E-state index contributed by atoms with van der Waals surface area (Å²) < 4.78 is 12.7. The predicted molar refractivity (Wildman–Crippen MR) is 42.3 cm³/mol. The average Bonchev–Trinajstić information content (AvgIpc) is 1.97. The first kappa shape index (κ1) is 8.78. The highest BCUT2D eigenvalue weighted by molar-refractivity contribution is 6.42. The first-order valence-corrected chi connectivity index (χ1v) is 3.65. The highest BCUT2D eigenvalue weighted by Crippen LogP contribution is 2.24. The van der Waals surface area contributed by atoms with Crippen LogP contribution in [0.1, 0.15) is 5.56 Å². The van der Waals surface area contributed by atoms with E-state index in [1.54, 1.807) is 0 Å². The Kier molecular flexibility index (Phi) is 2.71. The fourth-order valence-electron chi connectivity index (χ4n) is 0.685. The van der Waals surface area contributed by atoms with E-state index in [4.69, 9.17) is 28.3 Å². The lowest BCUT2D eigenvalue weighted by Gasteiger charge is -2.00. The van der Waals surface area contributed by atoms with Gasteiger partial charge in [-0.15, -0.1) is 0 Å². The van der Waals surface area contributed by atoms with Crippen LogP contribution >= 0.6 is 23.2 Å². The van der Waals surface area contributed by atoms with Gasteiger partial charge in [0.2, 0.25) is 0 Å². The Bertz CT molecular complexity index is 275. The molecule has 0 amide bonds. The second-order valence-corrected chi connectivity index (χ2v) is 2.83. The summed E-state index contributed by atoms with van der Waals surface area (Å²) in [6, 6.07) is 2.38. The Morgan fingerprint density at radius 3 is 2.36 bits per heavy atom. The molecule has 0 aliphatic heterocycles. The Morgan fingerprint density at radius 1 is 1.27 bits per heavy atom. The molecule has 0 unspecified atom stereocenters. The lowest BCUT2D eigenvalue weighted by atomic mass is 10.2. The zero-order valence-corrected chi connectivity index (χ0v) is 6.95. The Hall–Kier alpha value is -0.310. The Labute approximate surface area is 73.4 Å². The molecule has 0 spiro atoms. The molecule has 0 heterocycles. The van der Waals surface area contributed by atoms with Gasteiger partial charge in [0.25, 0.3) is 0 Å². The van der Waals surface area contributed by atoms with Gasteiger partial charge in [-0.2, -0.15) is 0 Å². The van der Waals surface area contributed by atoms with Crippen molar-refractivity contribution in [3.05, 3.63) is 33.6 Å². The predicted octanol–water partition coefficient (Wildman–Crippen LogP) is 2.62. The Morgan fingerprint density at radius 2 is 1.82 bits per heavy atom. The van der Waals surface area contributed by atoms with E-state index in [1.807, 2.05) is 0 Å². The number of hydrogen-bond acceptors (Lipinski definition) is 1. The summed E-state index contributed by atoms with van der Waals surface area (Å²) in [5, 5.41) is 8.99. The van der Waals surface area contributed by atoms with Crippen molar-refractivity contribution in [2.24, 2.45) is 0 Å². The topological polar surface area (TPSA) is 20.2 Å². The van der Waals surface area contributed by atoms with Crippen LogP contribution in [0.15, 0.2) is 12.1 Å². The summed E-state index contributed by atoms with van der Waals surface area (Å²) >= 11 is 11.0. The minimum Gasteiger partial charge on any atom is -0.392 e. The van der Waals surface area contributed by atoms with E-state index in [2.05, 4.69) is 0 Å². The third-order valence-corrected chi connectivity index (χ3v) is 1.98. The largest absolute Gasteiger partial charge is 0.392 e. The van der Waals surface area contributed by atoms with Gasteiger partial charge >= 0.3 is 0 Å². The molecule has 0 radical (unpaired) electrons. The SMILES string of the molecule is OCc1cc(Cl)c(Cl)cc1F. The summed E-state index contributed by atoms with van der Waals surface area (Å²) in [5.74, 6) is -0.540. The third-order valence-electron chi connectivity index (χ3n) is 1.26. The normalized spacial score (nSPS) is 10.2. The number of benzene rings is 1. The molecule has 0 fully saturated rings. The van der Waals surface area contributed by atoms with Crippen molar-refractivity contribution >= 4 is 23.2 Å². The van der Waals surface area contributed by atoms with Crippen molar-refractivity contribution in [1.82, 2.24) is 0 Å². The van der Waals surface area contributed by atoms with Crippen molar-refractivity contribution in [2.45, 2.75) is 6.61 Å². The van der Waals surface area contributed by atoms with Crippen molar-refractivity contribution in [3.63, 3.8) is 0 Å². The van der Waals surface area contributed by atoms with Gasteiger partial charge in [0, 0.05) is 5.56 Å². The zero-order valence-electron chi connectivity index (χ0n) is 5.44. The van der Waals surface area contributed by atoms with Gasteiger partial charge < -0.3 is 5.11 Å². The fraction of sp³-hybridized carbons (Fsp3) is 0.143. The molecular formula is C7H5Cl2FO. The van der Waals surface area contributed by atoms with E-state index in [0.717, 1.165) is 6.07 Å². The molecule has 0 aliphatic carbocycles. The van der Waals surface area contributed by atoms with Crippen molar-refractivity contribution in [1.29, 1.82) is 0 Å². The minimum absolute atomic E-state index is 0.152. The number of aliphatic hydroxyl groups is 1. The first-order chi connectivity index (χ1) is 5.15. The van der Waals surface area contributed by atoms with Crippen LogP contribution in [0.25, 0.3) is 0 Å². The van der Waals surface area contributed by atoms with E-state index in [-0.39, 0.29) is 22.2 Å². The molecular weight excluding hydrogens is 190 g/mol. The summed E-state index contributed by atoms with van der Waals surface area (Å²) in [5.41, 5.74) is 0.152. The number of halogens is 3. The van der Waals surface area contributed by atoms with E-state index >= 15 is 0 Å². The smallest absolute Gasteiger partial charge is 0.130 e. The van der Waals surface area contributed by atoms with E-state index in [1.165, 1.54) is 6.07 Å². The minimum atomic E-state index is -0.540. The average molecular weight is 195 g/mol. The van der Waals surface area contributed by atoms with Crippen molar-refractivity contribution < 1.29 is 9.50 Å². The third kappa shape index (κ3) is 1.83. The molecule has 4 heteroatoms. The van der Waals surface area contributed by atoms with Gasteiger partial charge in [0.1, 0.15) is 5.82 Å². The van der Waals surface area contributed by atoms with Crippen LogP contribution in [0, 0.1) is 5.82 Å². The molecule has 1 rings (SSSR count). The summed E-state index contributed by atoms with van der Waals surface area (Å²) in [6.45, 7) is -0.372. The second-order valence-electron chi connectivity index (χ2n) is 2.02. The molecule has 1 nitrogen and oxygen atoms in total. The highest BCUT2D eigenvalue weighted by atomic mass is 35.5. The van der Waals surface area contributed by atoms with Gasteiger partial charge in [0.15, 0.2) is 0 Å². The molecule has 0 atom stereocenters. The quantitative estimate of drug-likeness (QED) is 0.682. The molecule has 0 saturated heterocycles. The molecule has 1 N–H and O–H groups in total. The maximum absolute atomic E-state index is 12.7. The van der Waals surface area contributed by atoms with Crippen LogP contribution in [0.3, 0.4) is 0 Å². The summed E-state index contributed by atoms with van der Waals surface area (Å²) in [4.78, 5) is 0. The molecule has 0 aromatic heterocycles. The zero-order chi connectivity index (χ0) is 8.43. The lowest BCUT2D eigenvalue weighted by Crippen LogP contribution is -1.89. The molecule has 0 aliphatic rings. The highest BCUT2D eigenvalue weighted by Gasteiger charge is 2.05. The van der Waals surface area contributed by atoms with Crippen LogP contribution in [-0.4, -0.2) is 5.11 Å². The van der Waals surface area contributed by atoms with E-state index in [0.29, 0.717) is 0 Å². The van der Waals surface area contributed by atoms with E-state index < -0.39 is 5.82 Å². The first-order valence-electron chi connectivity index (χ1n) is 2.89. The summed E-state index contributed by atoms with van der Waals surface area (Å²) in [6.07, 6.45) is 0. The lowest BCUT2D eigenvalue weighted by molar-refractivity contribution is 0.276. The summed E-state index contributed by atoms with van der Waals surface area (Å²) in [7, 11) is 0. The fourth-order valence-corrected chi connectivity index (χ4v) is 1.02. The molecule has 1 aromatic rings. The Balaban J connectivity index is 3.21. The van der Waals surface area contributed by atoms with Crippen LogP contribution < -0.4 is 0 Å². The standard InChI is InChI=1S/C7H5Cl2FO/c8-5-1-4(3-11)7(10)2-6(5)9/h1-2,11H,3H2. The number of rotatable bonds is 1. The van der Waals surface area contributed by atoms with Crippen LogP contribution in [0.5, 0.6) is 0 Å². The second kappa shape index (κ2) is 3.39. The molecule has 11 heavy (non-hydrogen) atoms. The van der Waals surface area contributed by atoms with E-state index in [9.17, 15) is 4.39 Å². The van der Waals surface area contributed by atoms with Gasteiger partial charge in [-0.3, -0.25) is 0 Å². The maximum atomic E-state index is 12.7. The molecule has 1 aromatic carbocycles. The molecule has 0 bridgehead atoms. The number of hydrogen-bond donors (Lipinski definition) is 1.